The lowest BCUT2D eigenvalue weighted by atomic mass is 10.0. The van der Waals surface area contributed by atoms with E-state index in [-0.39, 0.29) is 16.1 Å². The molecule has 0 saturated heterocycles. The number of halogens is 2. The Morgan fingerprint density at radius 2 is 1.75 bits per heavy atom. The number of hydrogen-bond donors (Lipinski definition) is 1. The number of hydrogen-bond acceptors (Lipinski definition) is 3. The summed E-state index contributed by atoms with van der Waals surface area (Å²) in [5.74, 6) is -0.561. The van der Waals surface area contributed by atoms with Gasteiger partial charge in [-0.15, -0.1) is 0 Å². The fraction of sp³-hybridized carbons (Fsp3) is 0.280. The van der Waals surface area contributed by atoms with Crippen molar-refractivity contribution in [3.8, 4) is 0 Å². The summed E-state index contributed by atoms with van der Waals surface area (Å²) in [7, 11) is 1.96. The summed E-state index contributed by atoms with van der Waals surface area (Å²) in [4.78, 5) is 26.0. The first-order chi connectivity index (χ1) is 15.2. The summed E-state index contributed by atoms with van der Waals surface area (Å²) >= 11 is 12.7. The van der Waals surface area contributed by atoms with Gasteiger partial charge in [-0.2, -0.15) is 0 Å². The van der Waals surface area contributed by atoms with Crippen LogP contribution in [0.3, 0.4) is 0 Å². The first kappa shape index (κ1) is 23.9. The first-order valence-electron chi connectivity index (χ1n) is 10.4. The van der Waals surface area contributed by atoms with Crippen molar-refractivity contribution in [2.45, 2.75) is 39.3 Å². The smallest absolute Gasteiger partial charge is 0.335 e. The van der Waals surface area contributed by atoms with Crippen LogP contribution < -0.4 is 10.5 Å². The maximum atomic E-state index is 12.8. The topological polar surface area (TPSA) is 62.5 Å². The standard InChI is InChI=1S/C25H26Cl2N2O3/c1-16(2)19-5-4-6-20(13-19)28(3)15-23-21(26)14-22(27)24(30)29(23)12-11-17-7-9-18(10-8-17)25(31)32/h4-10,13-14,16H,11-12,15H2,1-3H3,(H,31,32). The highest BCUT2D eigenvalue weighted by atomic mass is 35.5. The maximum absolute atomic E-state index is 12.8. The second kappa shape index (κ2) is 10.2. The van der Waals surface area contributed by atoms with E-state index in [0.29, 0.717) is 36.1 Å². The van der Waals surface area contributed by atoms with E-state index >= 15 is 0 Å². The third-order valence-electron chi connectivity index (χ3n) is 5.49. The molecule has 0 radical (unpaired) electrons. The fourth-order valence-electron chi connectivity index (χ4n) is 3.53. The minimum Gasteiger partial charge on any atom is -0.478 e. The molecule has 0 fully saturated rings. The first-order valence-corrected chi connectivity index (χ1v) is 11.1. The van der Waals surface area contributed by atoms with E-state index in [4.69, 9.17) is 28.3 Å². The molecule has 3 aromatic rings. The maximum Gasteiger partial charge on any atom is 0.335 e. The zero-order valence-electron chi connectivity index (χ0n) is 18.3. The van der Waals surface area contributed by atoms with Crippen molar-refractivity contribution in [2.75, 3.05) is 11.9 Å². The van der Waals surface area contributed by atoms with E-state index in [0.717, 1.165) is 11.3 Å². The van der Waals surface area contributed by atoms with Crippen molar-refractivity contribution in [3.05, 3.63) is 97.4 Å². The molecular weight excluding hydrogens is 447 g/mol. The van der Waals surface area contributed by atoms with Gasteiger partial charge in [-0.25, -0.2) is 4.79 Å². The van der Waals surface area contributed by atoms with E-state index < -0.39 is 5.97 Å². The number of carboxylic acid groups (broad SMARTS) is 1. The van der Waals surface area contributed by atoms with E-state index in [2.05, 4.69) is 30.9 Å². The molecule has 0 saturated carbocycles. The van der Waals surface area contributed by atoms with Gasteiger partial charge >= 0.3 is 5.97 Å². The van der Waals surface area contributed by atoms with Crippen LogP contribution in [0.15, 0.2) is 59.4 Å². The fourth-order valence-corrected chi connectivity index (χ4v) is 4.06. The zero-order valence-corrected chi connectivity index (χ0v) is 19.8. The van der Waals surface area contributed by atoms with Gasteiger partial charge < -0.3 is 14.6 Å². The molecule has 32 heavy (non-hydrogen) atoms. The highest BCUT2D eigenvalue weighted by Gasteiger charge is 2.16. The van der Waals surface area contributed by atoms with Crippen molar-refractivity contribution in [1.29, 1.82) is 0 Å². The molecule has 0 spiro atoms. The van der Waals surface area contributed by atoms with Gasteiger partial charge in [0.1, 0.15) is 5.02 Å². The molecule has 1 heterocycles. The van der Waals surface area contributed by atoms with Crippen molar-refractivity contribution in [2.24, 2.45) is 0 Å². The number of benzene rings is 2. The molecule has 0 amide bonds. The van der Waals surface area contributed by atoms with Crippen LogP contribution in [-0.4, -0.2) is 22.7 Å². The second-order valence-corrected chi connectivity index (χ2v) is 8.92. The lowest BCUT2D eigenvalue weighted by Gasteiger charge is -2.24. The van der Waals surface area contributed by atoms with Crippen LogP contribution >= 0.6 is 23.2 Å². The molecule has 0 aliphatic carbocycles. The molecule has 2 aromatic carbocycles. The third kappa shape index (κ3) is 5.53. The van der Waals surface area contributed by atoms with Gasteiger partial charge in [-0.1, -0.05) is 61.3 Å². The minimum atomic E-state index is -0.971. The van der Waals surface area contributed by atoms with Crippen LogP contribution in [0.4, 0.5) is 5.69 Å². The van der Waals surface area contributed by atoms with E-state index in [1.165, 1.54) is 11.6 Å². The second-order valence-electron chi connectivity index (χ2n) is 8.10. The Morgan fingerprint density at radius 3 is 2.38 bits per heavy atom. The SMILES string of the molecule is CC(C)c1cccc(N(C)Cc2c(Cl)cc(Cl)c(=O)n2CCc2ccc(C(=O)O)cc2)c1. The number of pyridine rings is 1. The highest BCUT2D eigenvalue weighted by Crippen LogP contribution is 2.25. The molecule has 0 unspecified atom stereocenters. The van der Waals surface area contributed by atoms with Gasteiger partial charge in [-0.05, 0) is 53.8 Å². The normalized spacial score (nSPS) is 11.1. The molecule has 7 heteroatoms. The van der Waals surface area contributed by atoms with Crippen LogP contribution in [0.5, 0.6) is 0 Å². The van der Waals surface area contributed by atoms with Crippen LogP contribution in [0.1, 0.15) is 46.9 Å². The van der Waals surface area contributed by atoms with Gasteiger partial charge in [0.05, 0.1) is 22.8 Å². The highest BCUT2D eigenvalue weighted by molar-refractivity contribution is 6.34. The molecular formula is C25H26Cl2N2O3. The predicted molar refractivity (Wildman–Crippen MR) is 130 cm³/mol. The average molecular weight is 473 g/mol. The van der Waals surface area contributed by atoms with Gasteiger partial charge in [0.2, 0.25) is 0 Å². The number of nitrogens with zero attached hydrogens (tertiary/aromatic N) is 2. The van der Waals surface area contributed by atoms with Crippen LogP contribution in [0.2, 0.25) is 10.0 Å². The van der Waals surface area contributed by atoms with Crippen molar-refractivity contribution < 1.29 is 9.90 Å². The molecule has 5 nitrogen and oxygen atoms in total. The minimum absolute atomic E-state index is 0.0735. The molecule has 1 N–H and O–H groups in total. The number of carboxylic acids is 1. The molecule has 3 rings (SSSR count). The van der Waals surface area contributed by atoms with E-state index in [1.807, 2.05) is 19.2 Å². The number of aromatic carboxylic acids is 1. The Balaban J connectivity index is 1.88. The Kier molecular flexibility index (Phi) is 7.64. The lowest BCUT2D eigenvalue weighted by molar-refractivity contribution is 0.0697. The largest absolute Gasteiger partial charge is 0.478 e. The van der Waals surface area contributed by atoms with Gasteiger partial charge in [0.25, 0.3) is 5.56 Å². The monoisotopic (exact) mass is 472 g/mol. The van der Waals surface area contributed by atoms with Gasteiger partial charge in [0, 0.05) is 19.3 Å². The lowest BCUT2D eigenvalue weighted by Crippen LogP contribution is -2.29. The molecule has 0 atom stereocenters. The summed E-state index contributed by atoms with van der Waals surface area (Å²) in [5, 5.41) is 9.57. The van der Waals surface area contributed by atoms with Gasteiger partial charge in [0.15, 0.2) is 0 Å². The van der Waals surface area contributed by atoms with Crippen LogP contribution in [0, 0.1) is 0 Å². The van der Waals surface area contributed by atoms with Crippen molar-refractivity contribution in [3.63, 3.8) is 0 Å². The Morgan fingerprint density at radius 1 is 1.06 bits per heavy atom. The van der Waals surface area contributed by atoms with Gasteiger partial charge in [-0.3, -0.25) is 4.79 Å². The number of rotatable bonds is 8. The molecule has 0 aliphatic heterocycles. The summed E-state index contributed by atoms with van der Waals surface area (Å²) in [6.07, 6.45) is 0.538. The number of anilines is 1. The number of carbonyl (C=O) groups is 1. The third-order valence-corrected chi connectivity index (χ3v) is 6.09. The molecule has 0 aliphatic rings. The summed E-state index contributed by atoms with van der Waals surface area (Å²) in [6, 6.07) is 16.4. The summed E-state index contributed by atoms with van der Waals surface area (Å²) in [6.45, 7) is 5.11. The van der Waals surface area contributed by atoms with Crippen molar-refractivity contribution in [1.82, 2.24) is 4.57 Å². The summed E-state index contributed by atoms with van der Waals surface area (Å²) < 4.78 is 1.61. The number of aryl methyl sites for hydroxylation is 1. The van der Waals surface area contributed by atoms with Crippen LogP contribution in [-0.2, 0) is 19.5 Å². The summed E-state index contributed by atoms with van der Waals surface area (Å²) in [5.41, 5.74) is 3.80. The predicted octanol–water partition coefficient (Wildman–Crippen LogP) is 5.86. The zero-order chi connectivity index (χ0) is 23.4. The Hall–Kier alpha value is -2.76. The Labute approximate surface area is 197 Å². The molecule has 1 aromatic heterocycles. The van der Waals surface area contributed by atoms with E-state index in [9.17, 15) is 9.59 Å². The Bertz CT molecular complexity index is 1170. The quantitative estimate of drug-likeness (QED) is 0.446. The van der Waals surface area contributed by atoms with E-state index in [1.54, 1.807) is 28.8 Å². The molecule has 0 bridgehead atoms. The molecule has 168 valence electrons. The van der Waals surface area contributed by atoms with Crippen molar-refractivity contribution >= 4 is 34.9 Å². The number of aromatic nitrogens is 1. The average Bonchev–Trinajstić information content (AvgIpc) is 2.77. The van der Waals surface area contributed by atoms with Crippen LogP contribution in [0.25, 0.3) is 0 Å².